The number of aliphatic imine (C=N–C) groups is 4. The first kappa shape index (κ1) is 11.8. The molecule has 0 saturated carbocycles. The van der Waals surface area contributed by atoms with Crippen LogP contribution in [-0.4, -0.2) is 50.1 Å². The van der Waals surface area contributed by atoms with Crippen molar-refractivity contribution in [2.45, 2.75) is 0 Å². The van der Waals surface area contributed by atoms with E-state index in [0.717, 1.165) is 0 Å². The number of nitrogens with zero attached hydrogens (tertiary/aromatic N) is 6. The highest BCUT2D eigenvalue weighted by Gasteiger charge is 2.21. The van der Waals surface area contributed by atoms with Crippen molar-refractivity contribution in [3.63, 3.8) is 0 Å². The summed E-state index contributed by atoms with van der Waals surface area (Å²) in [7, 11) is 0. The summed E-state index contributed by atoms with van der Waals surface area (Å²) in [6, 6.07) is 0. The van der Waals surface area contributed by atoms with Crippen LogP contribution in [0.15, 0.2) is 37.4 Å². The van der Waals surface area contributed by atoms with E-state index in [-0.39, 0.29) is 17.2 Å². The molecule has 0 fully saturated rings. The maximum Gasteiger partial charge on any atom is 0.301 e. The Labute approximate surface area is 110 Å². The largest absolute Gasteiger partial charge is 0.339 e. The Balaban J connectivity index is 0.000000121. The van der Waals surface area contributed by atoms with Crippen LogP contribution < -0.4 is 5.56 Å². The highest BCUT2D eigenvalue weighted by Crippen LogP contribution is 2.00. The smallest absolute Gasteiger partial charge is 0.301 e. The standard InChI is InChI=1S/C5H4N4O.C5H2N4O/c2*10-5-3-4(7-1-6-3)8-2-9-5/h1-2H,(H2,6,7,8,9,10);1-2H. The molecule has 0 saturated heterocycles. The SMILES string of the molecule is O=C1N=CN=C2N=CN=C12.O=c1[nH]cnc2nc[nH]c12. The van der Waals surface area contributed by atoms with E-state index < -0.39 is 0 Å². The van der Waals surface area contributed by atoms with Crippen molar-refractivity contribution in [1.82, 2.24) is 19.9 Å². The second-order valence-corrected chi connectivity index (χ2v) is 3.56. The van der Waals surface area contributed by atoms with Gasteiger partial charge in [0, 0.05) is 0 Å². The maximum atomic E-state index is 10.9. The average molecular weight is 270 g/mol. The van der Waals surface area contributed by atoms with Gasteiger partial charge in [0.1, 0.15) is 12.7 Å². The minimum absolute atomic E-state index is 0.192. The fourth-order valence-corrected chi connectivity index (χ4v) is 1.48. The number of hydrogen-bond donors (Lipinski definition) is 2. The van der Waals surface area contributed by atoms with Crippen molar-refractivity contribution in [2.24, 2.45) is 20.0 Å². The Morgan fingerprint density at radius 3 is 2.40 bits per heavy atom. The average Bonchev–Trinajstić information content (AvgIpc) is 3.08. The van der Waals surface area contributed by atoms with Crippen LogP contribution >= 0.6 is 0 Å². The molecule has 1 amide bonds. The number of nitrogens with one attached hydrogen (secondary N) is 2. The van der Waals surface area contributed by atoms with Crippen molar-refractivity contribution in [2.75, 3.05) is 0 Å². The zero-order valence-electron chi connectivity index (χ0n) is 9.81. The third kappa shape index (κ3) is 2.05. The van der Waals surface area contributed by atoms with Gasteiger partial charge in [0.15, 0.2) is 22.7 Å². The third-order valence-electron chi connectivity index (χ3n) is 2.37. The normalized spacial score (nSPS) is 15.5. The lowest BCUT2D eigenvalue weighted by atomic mass is 10.3. The molecule has 2 aliphatic rings. The number of amides is 1. The summed E-state index contributed by atoms with van der Waals surface area (Å²) < 4.78 is 0. The Bertz CT molecular complexity index is 847. The number of fused-ring (bicyclic) bond motifs is 2. The predicted octanol–water partition coefficient (Wildman–Crippen LogP) is -0.918. The third-order valence-corrected chi connectivity index (χ3v) is 2.37. The van der Waals surface area contributed by atoms with Crippen LogP contribution in [-0.2, 0) is 4.79 Å². The molecule has 0 atom stereocenters. The van der Waals surface area contributed by atoms with Gasteiger partial charge >= 0.3 is 5.91 Å². The monoisotopic (exact) mass is 270 g/mol. The first-order chi connectivity index (χ1) is 9.75. The van der Waals surface area contributed by atoms with Crippen LogP contribution in [0.4, 0.5) is 0 Å². The molecule has 0 aromatic carbocycles. The number of imidazole rings is 1. The van der Waals surface area contributed by atoms with Crippen LogP contribution in [0.2, 0.25) is 0 Å². The molecule has 2 N–H and O–H groups in total. The molecule has 0 bridgehead atoms. The van der Waals surface area contributed by atoms with Crippen LogP contribution in [0.3, 0.4) is 0 Å². The number of carbonyl (C=O) groups excluding carboxylic acids is 1. The number of carbonyl (C=O) groups is 1. The van der Waals surface area contributed by atoms with E-state index >= 15 is 0 Å². The van der Waals surface area contributed by atoms with E-state index in [1.165, 1.54) is 25.3 Å². The fourth-order valence-electron chi connectivity index (χ4n) is 1.48. The topological polar surface area (TPSA) is 141 Å². The van der Waals surface area contributed by atoms with Gasteiger partial charge in [-0.1, -0.05) is 0 Å². The predicted molar refractivity (Wildman–Crippen MR) is 71.4 cm³/mol. The number of amidine groups is 1. The van der Waals surface area contributed by atoms with Gasteiger partial charge in [0.2, 0.25) is 0 Å². The molecule has 0 spiro atoms. The van der Waals surface area contributed by atoms with Crippen LogP contribution in [0.5, 0.6) is 0 Å². The molecular formula is C10H6N8O2. The zero-order chi connectivity index (χ0) is 13.9. The van der Waals surface area contributed by atoms with E-state index in [9.17, 15) is 9.59 Å². The van der Waals surface area contributed by atoms with Gasteiger partial charge < -0.3 is 9.97 Å². The lowest BCUT2D eigenvalue weighted by Gasteiger charge is -1.96. The van der Waals surface area contributed by atoms with Gasteiger partial charge in [-0.05, 0) is 0 Å². The summed E-state index contributed by atoms with van der Waals surface area (Å²) in [5, 5.41) is 0. The minimum atomic E-state index is -0.373. The Kier molecular flexibility index (Phi) is 2.80. The van der Waals surface area contributed by atoms with Crippen LogP contribution in [0.25, 0.3) is 11.2 Å². The molecule has 98 valence electrons. The lowest BCUT2D eigenvalue weighted by molar-refractivity contribution is -0.111. The second kappa shape index (κ2) is 4.76. The summed E-state index contributed by atoms with van der Waals surface area (Å²) >= 11 is 0. The number of H-pyrrole nitrogens is 2. The van der Waals surface area contributed by atoms with E-state index in [4.69, 9.17) is 0 Å². The second-order valence-electron chi connectivity index (χ2n) is 3.56. The molecule has 20 heavy (non-hydrogen) atoms. The van der Waals surface area contributed by atoms with Gasteiger partial charge in [0.25, 0.3) is 5.56 Å². The summed E-state index contributed by atoms with van der Waals surface area (Å²) in [5.41, 5.74) is 0.913. The van der Waals surface area contributed by atoms with Crippen LogP contribution in [0.1, 0.15) is 0 Å². The Hall–Kier alpha value is -3.30. The molecule has 0 radical (unpaired) electrons. The van der Waals surface area contributed by atoms with E-state index in [1.54, 1.807) is 0 Å². The highest BCUT2D eigenvalue weighted by molar-refractivity contribution is 6.70. The number of hydrogen-bond acceptors (Lipinski definition) is 7. The molecule has 4 heterocycles. The number of rotatable bonds is 0. The summed E-state index contributed by atoms with van der Waals surface area (Å²) in [6.07, 6.45) is 5.23. The lowest BCUT2D eigenvalue weighted by Crippen LogP contribution is -2.21. The minimum Gasteiger partial charge on any atom is -0.339 e. The van der Waals surface area contributed by atoms with E-state index in [1.807, 2.05) is 0 Å². The van der Waals surface area contributed by atoms with Gasteiger partial charge in [-0.3, -0.25) is 9.59 Å². The summed E-state index contributed by atoms with van der Waals surface area (Å²) in [5.74, 6) is -0.0116. The van der Waals surface area contributed by atoms with Gasteiger partial charge in [-0.2, -0.15) is 4.99 Å². The molecule has 10 heteroatoms. The molecule has 0 unspecified atom stereocenters. The van der Waals surface area contributed by atoms with Gasteiger partial charge in [-0.15, -0.1) is 0 Å². The number of aromatic amines is 2. The van der Waals surface area contributed by atoms with Gasteiger partial charge in [-0.25, -0.2) is 24.9 Å². The summed E-state index contributed by atoms with van der Waals surface area (Å²) in [4.78, 5) is 48.9. The molecule has 0 aliphatic carbocycles. The molecular weight excluding hydrogens is 264 g/mol. The number of aromatic nitrogens is 4. The van der Waals surface area contributed by atoms with Crippen molar-refractivity contribution in [3.8, 4) is 0 Å². The van der Waals surface area contributed by atoms with Crippen molar-refractivity contribution < 1.29 is 4.79 Å². The summed E-state index contributed by atoms with van der Waals surface area (Å²) in [6.45, 7) is 0. The maximum absolute atomic E-state index is 10.9. The molecule has 2 aromatic heterocycles. The Morgan fingerprint density at radius 2 is 1.65 bits per heavy atom. The van der Waals surface area contributed by atoms with Crippen LogP contribution in [0, 0.1) is 0 Å². The van der Waals surface area contributed by atoms with Crippen molar-refractivity contribution in [3.05, 3.63) is 23.0 Å². The molecule has 10 nitrogen and oxygen atoms in total. The molecule has 2 aliphatic heterocycles. The fraction of sp³-hybridized carbons (Fsp3) is 0. The van der Waals surface area contributed by atoms with Crippen molar-refractivity contribution in [1.29, 1.82) is 0 Å². The first-order valence-corrected chi connectivity index (χ1v) is 5.38. The van der Waals surface area contributed by atoms with Gasteiger partial charge in [0.05, 0.1) is 12.7 Å². The molecule has 2 aromatic rings. The van der Waals surface area contributed by atoms with E-state index in [2.05, 4.69) is 39.9 Å². The highest BCUT2D eigenvalue weighted by atomic mass is 16.1. The Morgan fingerprint density at radius 1 is 0.900 bits per heavy atom. The quantitative estimate of drug-likeness (QED) is 0.638. The first-order valence-electron chi connectivity index (χ1n) is 5.38. The van der Waals surface area contributed by atoms with E-state index in [0.29, 0.717) is 17.0 Å². The van der Waals surface area contributed by atoms with Crippen molar-refractivity contribution >= 4 is 41.3 Å². The zero-order valence-corrected chi connectivity index (χ0v) is 9.81. The molecule has 4 rings (SSSR count).